The Hall–Kier alpha value is -1.72. The van der Waals surface area contributed by atoms with Gasteiger partial charge in [0.2, 0.25) is 5.91 Å². The van der Waals surface area contributed by atoms with E-state index in [-0.39, 0.29) is 5.91 Å². The van der Waals surface area contributed by atoms with Crippen molar-refractivity contribution in [2.75, 3.05) is 11.9 Å². The monoisotopic (exact) mass is 275 g/mol. The van der Waals surface area contributed by atoms with Gasteiger partial charge < -0.3 is 11.1 Å². The summed E-state index contributed by atoms with van der Waals surface area (Å²) in [6, 6.07) is 7.65. The van der Waals surface area contributed by atoms with E-state index in [0.717, 1.165) is 16.3 Å². The van der Waals surface area contributed by atoms with Gasteiger partial charge in [-0.25, -0.2) is 4.98 Å². The topological polar surface area (TPSA) is 68.0 Å². The molecular formula is C14H17N3OS. The second kappa shape index (κ2) is 5.50. The number of hydrogen-bond donors (Lipinski definition) is 2. The van der Waals surface area contributed by atoms with Gasteiger partial charge in [-0.15, -0.1) is 11.3 Å². The first-order valence-electron chi connectivity index (χ1n) is 6.04. The zero-order valence-corrected chi connectivity index (χ0v) is 11.8. The molecule has 0 aliphatic rings. The summed E-state index contributed by atoms with van der Waals surface area (Å²) >= 11 is 1.59. The van der Waals surface area contributed by atoms with Gasteiger partial charge >= 0.3 is 0 Å². The van der Waals surface area contributed by atoms with E-state index in [0.29, 0.717) is 6.54 Å². The molecule has 2 rings (SSSR count). The predicted molar refractivity (Wildman–Crippen MR) is 79.0 cm³/mol. The summed E-state index contributed by atoms with van der Waals surface area (Å²) in [5.41, 5.74) is 6.84. The molecule has 0 radical (unpaired) electrons. The minimum Gasteiger partial charge on any atom is -0.329 e. The van der Waals surface area contributed by atoms with Crippen LogP contribution in [0.4, 0.5) is 5.69 Å². The molecule has 1 amide bonds. The lowest BCUT2D eigenvalue weighted by atomic mass is 9.92. The van der Waals surface area contributed by atoms with Crippen LogP contribution in [-0.2, 0) is 4.79 Å². The largest absolute Gasteiger partial charge is 0.329 e. The van der Waals surface area contributed by atoms with E-state index in [9.17, 15) is 4.79 Å². The number of hydrogen-bond acceptors (Lipinski definition) is 4. The molecule has 1 aromatic heterocycles. The first kappa shape index (κ1) is 13.7. The Kier molecular flexibility index (Phi) is 3.97. The fourth-order valence-electron chi connectivity index (χ4n) is 1.46. The summed E-state index contributed by atoms with van der Waals surface area (Å²) < 4.78 is 0. The molecule has 0 atom stereocenters. The van der Waals surface area contributed by atoms with Crippen molar-refractivity contribution in [2.45, 2.75) is 13.8 Å². The van der Waals surface area contributed by atoms with E-state index in [1.165, 1.54) is 0 Å². The molecular weight excluding hydrogens is 258 g/mol. The predicted octanol–water partition coefficient (Wildman–Crippen LogP) is 2.73. The lowest BCUT2D eigenvalue weighted by Crippen LogP contribution is -2.37. The molecule has 0 saturated carbocycles. The summed E-state index contributed by atoms with van der Waals surface area (Å²) in [5.74, 6) is -0.0722. The second-order valence-electron chi connectivity index (χ2n) is 4.96. The molecule has 0 saturated heterocycles. The maximum atomic E-state index is 12.0. The molecule has 0 spiro atoms. The van der Waals surface area contributed by atoms with Crippen LogP contribution in [0.1, 0.15) is 13.8 Å². The van der Waals surface area contributed by atoms with Crippen molar-refractivity contribution in [2.24, 2.45) is 11.1 Å². The van der Waals surface area contributed by atoms with Gasteiger partial charge in [-0.1, -0.05) is 0 Å². The molecule has 19 heavy (non-hydrogen) atoms. The Balaban J connectivity index is 2.10. The third-order valence-corrected chi connectivity index (χ3v) is 3.77. The van der Waals surface area contributed by atoms with Crippen molar-refractivity contribution in [1.29, 1.82) is 0 Å². The summed E-state index contributed by atoms with van der Waals surface area (Å²) in [6.45, 7) is 3.97. The Morgan fingerprint density at radius 1 is 1.37 bits per heavy atom. The Morgan fingerprint density at radius 2 is 2.05 bits per heavy atom. The molecule has 1 aromatic carbocycles. The molecule has 100 valence electrons. The summed E-state index contributed by atoms with van der Waals surface area (Å²) in [5, 5.41) is 5.78. The number of nitrogens with two attached hydrogens (primary N) is 1. The molecule has 1 heterocycles. The molecule has 2 aromatic rings. The van der Waals surface area contributed by atoms with Gasteiger partial charge in [0.25, 0.3) is 0 Å². The maximum Gasteiger partial charge on any atom is 0.231 e. The standard InChI is InChI=1S/C14H17N3OS/c1-14(2,9-15)13(18)17-11-5-3-10(4-6-11)12-16-7-8-19-12/h3-8H,9,15H2,1-2H3,(H,17,18). The second-order valence-corrected chi connectivity index (χ2v) is 5.85. The van der Waals surface area contributed by atoms with Crippen molar-refractivity contribution in [3.05, 3.63) is 35.8 Å². The van der Waals surface area contributed by atoms with Crippen molar-refractivity contribution in [3.63, 3.8) is 0 Å². The Morgan fingerprint density at radius 3 is 2.58 bits per heavy atom. The van der Waals surface area contributed by atoms with Crippen LogP contribution >= 0.6 is 11.3 Å². The molecule has 5 heteroatoms. The molecule has 0 aliphatic heterocycles. The van der Waals surface area contributed by atoms with Crippen molar-refractivity contribution < 1.29 is 4.79 Å². The van der Waals surface area contributed by atoms with Crippen LogP contribution in [0.3, 0.4) is 0 Å². The number of amides is 1. The van der Waals surface area contributed by atoms with Crippen LogP contribution in [0.15, 0.2) is 35.8 Å². The fraction of sp³-hybridized carbons (Fsp3) is 0.286. The normalized spacial score (nSPS) is 11.3. The number of carbonyl (C=O) groups excluding carboxylic acids is 1. The van der Waals surface area contributed by atoms with Crippen LogP contribution in [0.5, 0.6) is 0 Å². The lowest BCUT2D eigenvalue weighted by molar-refractivity contribution is -0.123. The Labute approximate surface area is 116 Å². The Bertz CT molecular complexity index is 547. The van der Waals surface area contributed by atoms with Crippen LogP contribution in [0.25, 0.3) is 10.6 Å². The zero-order valence-electron chi connectivity index (χ0n) is 11.0. The number of rotatable bonds is 4. The highest BCUT2D eigenvalue weighted by Crippen LogP contribution is 2.24. The number of carbonyl (C=O) groups is 1. The van der Waals surface area contributed by atoms with Gasteiger partial charge in [0, 0.05) is 29.4 Å². The number of nitrogens with one attached hydrogen (secondary N) is 1. The van der Waals surface area contributed by atoms with Crippen LogP contribution in [0.2, 0.25) is 0 Å². The average Bonchev–Trinajstić information content (AvgIpc) is 2.93. The summed E-state index contributed by atoms with van der Waals surface area (Å²) in [6.07, 6.45) is 1.78. The lowest BCUT2D eigenvalue weighted by Gasteiger charge is -2.21. The highest BCUT2D eigenvalue weighted by Gasteiger charge is 2.25. The van der Waals surface area contributed by atoms with Crippen molar-refractivity contribution >= 4 is 22.9 Å². The van der Waals surface area contributed by atoms with Gasteiger partial charge in [0.1, 0.15) is 5.01 Å². The van der Waals surface area contributed by atoms with E-state index in [1.54, 1.807) is 17.5 Å². The van der Waals surface area contributed by atoms with Crippen molar-refractivity contribution in [1.82, 2.24) is 4.98 Å². The van der Waals surface area contributed by atoms with E-state index < -0.39 is 5.41 Å². The van der Waals surface area contributed by atoms with Gasteiger partial charge in [-0.2, -0.15) is 0 Å². The summed E-state index contributed by atoms with van der Waals surface area (Å²) in [4.78, 5) is 16.2. The highest BCUT2D eigenvalue weighted by atomic mass is 32.1. The SMILES string of the molecule is CC(C)(CN)C(=O)Nc1ccc(-c2nccs2)cc1. The first-order chi connectivity index (χ1) is 9.03. The minimum absolute atomic E-state index is 0.0722. The van der Waals surface area contributed by atoms with E-state index in [1.807, 2.05) is 43.5 Å². The molecule has 4 nitrogen and oxygen atoms in total. The van der Waals surface area contributed by atoms with Crippen molar-refractivity contribution in [3.8, 4) is 10.6 Å². The average molecular weight is 275 g/mol. The fourth-order valence-corrected chi connectivity index (χ4v) is 2.10. The quantitative estimate of drug-likeness (QED) is 0.901. The highest BCUT2D eigenvalue weighted by molar-refractivity contribution is 7.13. The maximum absolute atomic E-state index is 12.0. The number of anilines is 1. The number of thiazole rings is 1. The van der Waals surface area contributed by atoms with Gasteiger partial charge in [0.05, 0.1) is 5.41 Å². The van der Waals surface area contributed by atoms with E-state index >= 15 is 0 Å². The van der Waals surface area contributed by atoms with Gasteiger partial charge in [-0.05, 0) is 38.1 Å². The molecule has 0 fully saturated rings. The molecule has 0 aliphatic carbocycles. The van der Waals surface area contributed by atoms with E-state index in [2.05, 4.69) is 10.3 Å². The third-order valence-electron chi connectivity index (χ3n) is 2.95. The molecule has 0 unspecified atom stereocenters. The summed E-state index contributed by atoms with van der Waals surface area (Å²) in [7, 11) is 0. The van der Waals surface area contributed by atoms with Crippen LogP contribution in [0, 0.1) is 5.41 Å². The van der Waals surface area contributed by atoms with Gasteiger partial charge in [-0.3, -0.25) is 4.79 Å². The number of nitrogens with zero attached hydrogens (tertiary/aromatic N) is 1. The van der Waals surface area contributed by atoms with Crippen LogP contribution < -0.4 is 11.1 Å². The first-order valence-corrected chi connectivity index (χ1v) is 6.92. The minimum atomic E-state index is -0.562. The zero-order chi connectivity index (χ0) is 13.9. The van der Waals surface area contributed by atoms with E-state index in [4.69, 9.17) is 5.73 Å². The molecule has 3 N–H and O–H groups in total. The smallest absolute Gasteiger partial charge is 0.231 e. The molecule has 0 bridgehead atoms. The number of aromatic nitrogens is 1. The van der Waals surface area contributed by atoms with Gasteiger partial charge in [0.15, 0.2) is 0 Å². The third kappa shape index (κ3) is 3.19. The van der Waals surface area contributed by atoms with Crippen LogP contribution in [-0.4, -0.2) is 17.4 Å². The number of benzene rings is 1.